The highest BCUT2D eigenvalue weighted by Gasteiger charge is 2.48. The van der Waals surface area contributed by atoms with Crippen LogP contribution in [-0.2, 0) is 27.1 Å². The number of thiophene rings is 1. The molecule has 0 saturated carbocycles. The second kappa shape index (κ2) is 12.6. The predicted octanol–water partition coefficient (Wildman–Crippen LogP) is 13.8. The van der Waals surface area contributed by atoms with Crippen LogP contribution in [0.5, 0.6) is 0 Å². The van der Waals surface area contributed by atoms with Gasteiger partial charge in [-0.25, -0.2) is 0 Å². The Morgan fingerprint density at radius 3 is 1.66 bits per heavy atom. The predicted molar refractivity (Wildman–Crippen MR) is 257 cm³/mol. The van der Waals surface area contributed by atoms with Crippen molar-refractivity contribution in [2.45, 2.75) is 144 Å². The fourth-order valence-corrected chi connectivity index (χ4v) is 11.4. The Morgan fingerprint density at radius 1 is 0.534 bits per heavy atom. The summed E-state index contributed by atoms with van der Waals surface area (Å²) in [7, 11) is 0. The SMILES string of the molecule is Cc1cc2c3c(c1)N(c1ccc(C(C)(C)C)cc1)c1sc4ccc(C(C)(C)C)cc4c1B3c1cc3c(cc1N2c1ccc(C(C)(C)C)cc1C)C(C)(C)CCC3(C)C. The van der Waals surface area contributed by atoms with Gasteiger partial charge in [-0.15, -0.1) is 11.3 Å². The molecule has 1 aliphatic carbocycles. The van der Waals surface area contributed by atoms with Crippen LogP contribution in [0, 0.1) is 13.8 Å². The van der Waals surface area contributed by atoms with Crippen molar-refractivity contribution in [1.82, 2.24) is 0 Å². The quantitative estimate of drug-likeness (QED) is 0.161. The Labute approximate surface area is 353 Å². The van der Waals surface area contributed by atoms with Crippen LogP contribution in [-0.4, -0.2) is 6.71 Å². The van der Waals surface area contributed by atoms with Gasteiger partial charge in [0.25, 0.3) is 6.71 Å². The van der Waals surface area contributed by atoms with Gasteiger partial charge in [0.05, 0.1) is 5.00 Å². The molecule has 3 aliphatic rings. The summed E-state index contributed by atoms with van der Waals surface area (Å²) in [6.45, 7) is 35.6. The average Bonchev–Trinajstić information content (AvgIpc) is 3.50. The van der Waals surface area contributed by atoms with E-state index in [0.29, 0.717) is 0 Å². The summed E-state index contributed by atoms with van der Waals surface area (Å²) in [5.41, 5.74) is 20.8. The molecular weight excluding hydrogens is 719 g/mol. The Bertz CT molecular complexity index is 2650. The van der Waals surface area contributed by atoms with Crippen LogP contribution in [0.1, 0.15) is 142 Å². The van der Waals surface area contributed by atoms with Crippen LogP contribution in [0.4, 0.5) is 33.4 Å². The molecule has 58 heavy (non-hydrogen) atoms. The number of aryl methyl sites for hydroxylation is 2. The van der Waals surface area contributed by atoms with Crippen LogP contribution < -0.4 is 26.2 Å². The van der Waals surface area contributed by atoms with E-state index in [1.165, 1.54) is 112 Å². The van der Waals surface area contributed by atoms with Gasteiger partial charge in [-0.1, -0.05) is 132 Å². The van der Waals surface area contributed by atoms with Crippen molar-refractivity contribution in [2.75, 3.05) is 9.80 Å². The molecule has 4 heteroatoms. The molecule has 2 aliphatic heterocycles. The van der Waals surface area contributed by atoms with E-state index in [2.05, 4.69) is 199 Å². The van der Waals surface area contributed by atoms with Crippen LogP contribution in [0.3, 0.4) is 0 Å². The lowest BCUT2D eigenvalue weighted by molar-refractivity contribution is 0.332. The summed E-state index contributed by atoms with van der Waals surface area (Å²) in [5.74, 6) is 0. The number of nitrogens with zero attached hydrogens (tertiary/aromatic N) is 2. The first-order valence-electron chi connectivity index (χ1n) is 21.7. The molecule has 0 spiro atoms. The summed E-state index contributed by atoms with van der Waals surface area (Å²) < 4.78 is 1.36. The first kappa shape index (κ1) is 39.2. The molecule has 0 unspecified atom stereocenters. The van der Waals surface area contributed by atoms with Gasteiger partial charge in [0.2, 0.25) is 0 Å². The molecule has 9 rings (SSSR count). The number of hydrogen-bond donors (Lipinski definition) is 0. The fraction of sp³-hybridized carbons (Fsp3) is 0.407. The van der Waals surface area contributed by atoms with E-state index in [4.69, 9.17) is 0 Å². The molecule has 1 aromatic heterocycles. The molecule has 0 amide bonds. The Morgan fingerprint density at radius 2 is 1.07 bits per heavy atom. The van der Waals surface area contributed by atoms with E-state index < -0.39 is 0 Å². The van der Waals surface area contributed by atoms with E-state index in [-0.39, 0.29) is 33.8 Å². The van der Waals surface area contributed by atoms with Crippen LogP contribution in [0.25, 0.3) is 10.1 Å². The molecule has 0 atom stereocenters. The molecular formula is C54H63BN2S. The van der Waals surface area contributed by atoms with Gasteiger partial charge in [-0.05, 0) is 157 Å². The second-order valence-corrected chi connectivity index (χ2v) is 23.4. The number of benzene rings is 5. The monoisotopic (exact) mass is 782 g/mol. The van der Waals surface area contributed by atoms with E-state index in [9.17, 15) is 0 Å². The fourth-order valence-electron chi connectivity index (χ4n) is 10.2. The summed E-state index contributed by atoms with van der Waals surface area (Å²) in [5, 5.41) is 2.74. The topological polar surface area (TPSA) is 6.48 Å². The highest BCUT2D eigenvalue weighted by Crippen LogP contribution is 2.52. The van der Waals surface area contributed by atoms with Crippen molar-refractivity contribution in [3.63, 3.8) is 0 Å². The minimum Gasteiger partial charge on any atom is -0.311 e. The lowest BCUT2D eigenvalue weighted by Gasteiger charge is -2.47. The summed E-state index contributed by atoms with van der Waals surface area (Å²) in [4.78, 5) is 5.29. The van der Waals surface area contributed by atoms with Crippen molar-refractivity contribution in [1.29, 1.82) is 0 Å². The third-order valence-electron chi connectivity index (χ3n) is 14.0. The van der Waals surface area contributed by atoms with Crippen LogP contribution in [0.2, 0.25) is 0 Å². The smallest absolute Gasteiger partial charge is 0.254 e. The van der Waals surface area contributed by atoms with Crippen molar-refractivity contribution in [3.8, 4) is 0 Å². The zero-order valence-corrected chi connectivity index (χ0v) is 38.7. The van der Waals surface area contributed by atoms with E-state index >= 15 is 0 Å². The molecule has 3 heterocycles. The molecule has 6 aromatic rings. The molecule has 0 radical (unpaired) electrons. The van der Waals surface area contributed by atoms with Gasteiger partial charge in [0.15, 0.2) is 0 Å². The molecule has 0 fully saturated rings. The van der Waals surface area contributed by atoms with E-state index in [1.54, 1.807) is 0 Å². The summed E-state index contributed by atoms with van der Waals surface area (Å²) in [6, 6.07) is 34.3. The lowest BCUT2D eigenvalue weighted by atomic mass is 9.33. The van der Waals surface area contributed by atoms with Crippen molar-refractivity contribution in [2.24, 2.45) is 0 Å². The maximum atomic E-state index is 2.68. The minimum absolute atomic E-state index is 0.0347. The third kappa shape index (κ3) is 6.02. The highest BCUT2D eigenvalue weighted by atomic mass is 32.1. The molecule has 298 valence electrons. The van der Waals surface area contributed by atoms with Crippen LogP contribution in [0.15, 0.2) is 84.9 Å². The Balaban J connectivity index is 1.43. The number of anilines is 6. The third-order valence-corrected chi connectivity index (χ3v) is 15.1. The van der Waals surface area contributed by atoms with E-state index in [0.717, 1.165) is 0 Å². The largest absolute Gasteiger partial charge is 0.311 e. The van der Waals surface area contributed by atoms with Crippen LogP contribution >= 0.6 is 11.3 Å². The molecule has 5 aromatic carbocycles. The molecule has 0 N–H and O–H groups in total. The maximum Gasteiger partial charge on any atom is 0.254 e. The second-order valence-electron chi connectivity index (χ2n) is 22.4. The number of fused-ring (bicyclic) bond motifs is 7. The zero-order valence-electron chi connectivity index (χ0n) is 37.9. The first-order valence-corrected chi connectivity index (χ1v) is 22.5. The van der Waals surface area contributed by atoms with Crippen molar-refractivity contribution in [3.05, 3.63) is 124 Å². The van der Waals surface area contributed by atoms with Crippen molar-refractivity contribution < 1.29 is 0 Å². The Hall–Kier alpha value is -4.28. The molecule has 0 saturated heterocycles. The normalized spacial score (nSPS) is 16.9. The van der Waals surface area contributed by atoms with Gasteiger partial charge >= 0.3 is 0 Å². The standard InChI is InChI=1S/C54H63BN2S/c1-32-26-44-48-45(27-32)57(42-22-18-35(28-33(42)2)51(6,7)8)43-31-40-39(53(12,13)24-25-54(40,14)15)30-41(43)55(48)47-38-29-36(52(9,10)11)19-23-46(38)58-49(47)56(44)37-20-16-34(17-21-37)50(3,4)5/h16-23,26-31H,24-25H2,1-15H3. The van der Waals surface area contributed by atoms with E-state index in [1.807, 2.05) is 11.3 Å². The Kier molecular flexibility index (Phi) is 8.53. The van der Waals surface area contributed by atoms with Gasteiger partial charge in [-0.3, -0.25) is 0 Å². The first-order chi connectivity index (χ1) is 27.0. The maximum absolute atomic E-state index is 2.68. The molecule has 0 bridgehead atoms. The van der Waals surface area contributed by atoms with Gasteiger partial charge in [0, 0.05) is 33.1 Å². The lowest BCUT2D eigenvalue weighted by Crippen LogP contribution is -2.61. The van der Waals surface area contributed by atoms with Gasteiger partial charge < -0.3 is 9.80 Å². The number of hydrogen-bond acceptors (Lipinski definition) is 3. The highest BCUT2D eigenvalue weighted by molar-refractivity contribution is 7.26. The van der Waals surface area contributed by atoms with Gasteiger partial charge in [0.1, 0.15) is 0 Å². The molecule has 2 nitrogen and oxygen atoms in total. The van der Waals surface area contributed by atoms with Gasteiger partial charge in [-0.2, -0.15) is 0 Å². The number of rotatable bonds is 2. The van der Waals surface area contributed by atoms with Crippen molar-refractivity contribution >= 4 is 78.0 Å². The minimum atomic E-state index is 0.0347. The average molecular weight is 783 g/mol. The zero-order chi connectivity index (χ0) is 41.6. The summed E-state index contributed by atoms with van der Waals surface area (Å²) in [6.07, 6.45) is 2.38. The summed E-state index contributed by atoms with van der Waals surface area (Å²) >= 11 is 1.97.